The SMILES string of the molecule is Nc1snnc1CN1C(=O)c2ccc(Br)cc2C1=O. The molecular weight excluding hydrogens is 332 g/mol. The first kappa shape index (κ1) is 12.2. The molecule has 0 aliphatic carbocycles. The van der Waals surface area contributed by atoms with Gasteiger partial charge in [-0.05, 0) is 18.2 Å². The minimum atomic E-state index is -0.339. The normalized spacial score (nSPS) is 14.1. The number of aromatic nitrogens is 2. The number of nitrogen functional groups attached to an aromatic ring is 1. The number of nitrogens with zero attached hydrogens (tertiary/aromatic N) is 3. The van der Waals surface area contributed by atoms with Crippen LogP contribution in [0.1, 0.15) is 26.4 Å². The lowest BCUT2D eigenvalue weighted by atomic mass is 10.1. The van der Waals surface area contributed by atoms with Crippen LogP contribution in [0.4, 0.5) is 5.00 Å². The Morgan fingerprint density at radius 2 is 2.00 bits per heavy atom. The molecule has 0 radical (unpaired) electrons. The lowest BCUT2D eigenvalue weighted by molar-refractivity contribution is 0.0641. The van der Waals surface area contributed by atoms with Gasteiger partial charge >= 0.3 is 0 Å². The van der Waals surface area contributed by atoms with E-state index in [0.29, 0.717) is 21.8 Å². The summed E-state index contributed by atoms with van der Waals surface area (Å²) in [5, 5.41) is 4.23. The molecule has 0 fully saturated rings. The van der Waals surface area contributed by atoms with E-state index in [1.54, 1.807) is 18.2 Å². The van der Waals surface area contributed by atoms with Crippen LogP contribution in [0, 0.1) is 0 Å². The molecule has 1 aromatic carbocycles. The Kier molecular flexibility index (Phi) is 2.83. The van der Waals surface area contributed by atoms with Crippen molar-refractivity contribution in [2.24, 2.45) is 0 Å². The van der Waals surface area contributed by atoms with Crippen molar-refractivity contribution in [3.05, 3.63) is 39.5 Å². The van der Waals surface area contributed by atoms with Crippen LogP contribution in [0.2, 0.25) is 0 Å². The van der Waals surface area contributed by atoms with Gasteiger partial charge in [-0.25, -0.2) is 0 Å². The van der Waals surface area contributed by atoms with Crippen molar-refractivity contribution in [2.75, 3.05) is 5.73 Å². The van der Waals surface area contributed by atoms with Crippen LogP contribution < -0.4 is 5.73 Å². The fraction of sp³-hybridized carbons (Fsp3) is 0.0909. The van der Waals surface area contributed by atoms with Gasteiger partial charge in [0.2, 0.25) is 0 Å². The van der Waals surface area contributed by atoms with Crippen LogP contribution in [0.3, 0.4) is 0 Å². The number of hydrogen-bond acceptors (Lipinski definition) is 6. The van der Waals surface area contributed by atoms with Gasteiger partial charge in [0.1, 0.15) is 10.7 Å². The minimum Gasteiger partial charge on any atom is -0.388 e. The zero-order chi connectivity index (χ0) is 13.6. The van der Waals surface area contributed by atoms with Gasteiger partial charge in [-0.15, -0.1) is 5.10 Å². The lowest BCUT2D eigenvalue weighted by Gasteiger charge is -2.11. The molecule has 2 amide bonds. The molecular formula is C11H7BrN4O2S. The van der Waals surface area contributed by atoms with Gasteiger partial charge in [0.05, 0.1) is 17.7 Å². The monoisotopic (exact) mass is 338 g/mol. The van der Waals surface area contributed by atoms with Gasteiger partial charge in [-0.1, -0.05) is 20.4 Å². The summed E-state index contributed by atoms with van der Waals surface area (Å²) in [7, 11) is 0. The fourth-order valence-electron chi connectivity index (χ4n) is 1.88. The van der Waals surface area contributed by atoms with Crippen LogP contribution in [0.15, 0.2) is 22.7 Å². The molecule has 0 bridgehead atoms. The predicted molar refractivity (Wildman–Crippen MR) is 72.7 cm³/mol. The molecule has 1 aliphatic rings. The molecule has 0 saturated heterocycles. The maximum atomic E-state index is 12.2. The van der Waals surface area contributed by atoms with E-state index in [2.05, 4.69) is 25.5 Å². The number of imide groups is 1. The number of carbonyl (C=O) groups is 2. The smallest absolute Gasteiger partial charge is 0.261 e. The molecule has 96 valence electrons. The van der Waals surface area contributed by atoms with E-state index in [-0.39, 0.29) is 18.4 Å². The highest BCUT2D eigenvalue weighted by Gasteiger charge is 2.36. The van der Waals surface area contributed by atoms with E-state index in [0.717, 1.165) is 20.9 Å². The Labute approximate surface area is 120 Å². The summed E-state index contributed by atoms with van der Waals surface area (Å²) in [6, 6.07) is 4.99. The average Bonchev–Trinajstić information content (AvgIpc) is 2.88. The quantitative estimate of drug-likeness (QED) is 0.841. The van der Waals surface area contributed by atoms with Crippen LogP contribution in [0.5, 0.6) is 0 Å². The highest BCUT2D eigenvalue weighted by atomic mass is 79.9. The zero-order valence-electron chi connectivity index (χ0n) is 9.46. The molecule has 0 unspecified atom stereocenters. The number of fused-ring (bicyclic) bond motifs is 1. The van der Waals surface area contributed by atoms with Crippen molar-refractivity contribution >= 4 is 44.3 Å². The largest absolute Gasteiger partial charge is 0.388 e. The van der Waals surface area contributed by atoms with E-state index in [1.165, 1.54) is 0 Å². The van der Waals surface area contributed by atoms with Gasteiger partial charge in [-0.3, -0.25) is 14.5 Å². The molecule has 3 rings (SSSR count). The molecule has 0 atom stereocenters. The van der Waals surface area contributed by atoms with E-state index in [9.17, 15) is 9.59 Å². The first-order chi connectivity index (χ1) is 9.08. The van der Waals surface area contributed by atoms with Crippen molar-refractivity contribution < 1.29 is 9.59 Å². The standard InChI is InChI=1S/C11H7BrN4O2S/c12-5-1-2-6-7(3-5)11(18)16(10(6)17)4-8-9(13)19-15-14-8/h1-3H,4,13H2. The third-order valence-electron chi connectivity index (χ3n) is 2.83. The second-order valence-electron chi connectivity index (χ2n) is 3.97. The van der Waals surface area contributed by atoms with Gasteiger partial charge in [0.25, 0.3) is 11.8 Å². The average molecular weight is 339 g/mol. The Bertz CT molecular complexity index is 700. The number of amides is 2. The van der Waals surface area contributed by atoms with Gasteiger partial charge < -0.3 is 5.73 Å². The van der Waals surface area contributed by atoms with Crippen LogP contribution >= 0.6 is 27.5 Å². The maximum absolute atomic E-state index is 12.2. The summed E-state index contributed by atoms with van der Waals surface area (Å²) < 4.78 is 4.44. The molecule has 1 aliphatic heterocycles. The van der Waals surface area contributed by atoms with Gasteiger partial charge in [0, 0.05) is 16.0 Å². The van der Waals surface area contributed by atoms with Crippen LogP contribution in [0.25, 0.3) is 0 Å². The maximum Gasteiger partial charge on any atom is 0.261 e. The Morgan fingerprint density at radius 3 is 2.68 bits per heavy atom. The molecule has 2 aromatic rings. The highest BCUT2D eigenvalue weighted by molar-refractivity contribution is 9.10. The Hall–Kier alpha value is -1.80. The van der Waals surface area contributed by atoms with E-state index < -0.39 is 0 Å². The summed E-state index contributed by atoms with van der Waals surface area (Å²) in [5.41, 5.74) is 6.91. The van der Waals surface area contributed by atoms with Crippen LogP contribution in [-0.2, 0) is 6.54 Å². The number of hydrogen-bond donors (Lipinski definition) is 1. The molecule has 2 heterocycles. The van der Waals surface area contributed by atoms with E-state index in [4.69, 9.17) is 5.73 Å². The Morgan fingerprint density at radius 1 is 1.26 bits per heavy atom. The molecule has 6 nitrogen and oxygen atoms in total. The molecule has 0 spiro atoms. The number of benzene rings is 1. The van der Waals surface area contributed by atoms with E-state index >= 15 is 0 Å². The second kappa shape index (κ2) is 4.39. The fourth-order valence-corrected chi connectivity index (χ4v) is 2.68. The minimum absolute atomic E-state index is 0.0479. The highest BCUT2D eigenvalue weighted by Crippen LogP contribution is 2.28. The molecule has 8 heteroatoms. The molecule has 1 aromatic heterocycles. The number of nitrogens with two attached hydrogens (primary N) is 1. The molecule has 0 saturated carbocycles. The Balaban J connectivity index is 1.97. The van der Waals surface area contributed by atoms with Crippen molar-refractivity contribution in [2.45, 2.75) is 6.54 Å². The van der Waals surface area contributed by atoms with Crippen molar-refractivity contribution in [3.63, 3.8) is 0 Å². The van der Waals surface area contributed by atoms with E-state index in [1.807, 2.05) is 0 Å². The van der Waals surface area contributed by atoms with Crippen molar-refractivity contribution in [1.82, 2.24) is 14.5 Å². The summed E-state index contributed by atoms with van der Waals surface area (Å²) in [5.74, 6) is -0.673. The predicted octanol–water partition coefficient (Wildman–Crippen LogP) is 1.68. The lowest BCUT2D eigenvalue weighted by Crippen LogP contribution is -2.29. The third-order valence-corrected chi connectivity index (χ3v) is 3.91. The van der Waals surface area contributed by atoms with Crippen molar-refractivity contribution in [1.29, 1.82) is 0 Å². The third kappa shape index (κ3) is 1.92. The number of anilines is 1. The first-order valence-electron chi connectivity index (χ1n) is 5.30. The number of halogens is 1. The number of carbonyl (C=O) groups excluding carboxylic acids is 2. The van der Waals surface area contributed by atoms with Gasteiger partial charge in [-0.2, -0.15) is 0 Å². The van der Waals surface area contributed by atoms with Crippen LogP contribution in [-0.4, -0.2) is 26.3 Å². The first-order valence-corrected chi connectivity index (χ1v) is 6.87. The van der Waals surface area contributed by atoms with Gasteiger partial charge in [0.15, 0.2) is 0 Å². The summed E-state index contributed by atoms with van der Waals surface area (Å²) >= 11 is 4.32. The zero-order valence-corrected chi connectivity index (χ0v) is 11.9. The summed E-state index contributed by atoms with van der Waals surface area (Å²) in [6.45, 7) is 0.0479. The second-order valence-corrected chi connectivity index (χ2v) is 5.67. The summed E-state index contributed by atoms with van der Waals surface area (Å²) in [6.07, 6.45) is 0. The van der Waals surface area contributed by atoms with Crippen molar-refractivity contribution in [3.8, 4) is 0 Å². The summed E-state index contributed by atoms with van der Waals surface area (Å²) in [4.78, 5) is 25.5. The molecule has 19 heavy (non-hydrogen) atoms. The number of rotatable bonds is 2. The topological polar surface area (TPSA) is 89.2 Å². The molecule has 2 N–H and O–H groups in total.